The van der Waals surface area contributed by atoms with Gasteiger partial charge < -0.3 is 19.5 Å². The van der Waals surface area contributed by atoms with Crippen molar-refractivity contribution in [3.8, 4) is 17.2 Å². The Morgan fingerprint density at radius 1 is 0.909 bits per heavy atom. The Morgan fingerprint density at radius 2 is 1.73 bits per heavy atom. The van der Waals surface area contributed by atoms with Gasteiger partial charge in [0.15, 0.2) is 0 Å². The molecule has 1 N–H and O–H groups in total. The third kappa shape index (κ3) is 4.07. The van der Waals surface area contributed by atoms with Gasteiger partial charge in [0.1, 0.15) is 23.9 Å². The van der Waals surface area contributed by atoms with E-state index in [0.29, 0.717) is 13.2 Å². The Bertz CT molecular complexity index is 626. The molecule has 0 amide bonds. The smallest absolute Gasteiger partial charge is 0.142 e. The van der Waals surface area contributed by atoms with Crippen molar-refractivity contribution >= 4 is 5.69 Å². The lowest BCUT2D eigenvalue weighted by molar-refractivity contribution is 0.330. The second-order valence-electron chi connectivity index (χ2n) is 5.11. The van der Waals surface area contributed by atoms with Crippen LogP contribution < -0.4 is 19.5 Å². The minimum atomic E-state index is 0.574. The fraction of sp³-hybridized carbons (Fsp3) is 0.333. The van der Waals surface area contributed by atoms with E-state index in [0.717, 1.165) is 28.5 Å². The lowest BCUT2D eigenvalue weighted by Crippen LogP contribution is -2.12. The number of hydrogen-bond donors (Lipinski definition) is 1. The second-order valence-corrected chi connectivity index (χ2v) is 5.11. The minimum Gasteiger partial charge on any atom is -0.497 e. The molecule has 0 atom stereocenters. The molecule has 0 aromatic heterocycles. The van der Waals surface area contributed by atoms with Crippen molar-refractivity contribution in [2.75, 3.05) is 32.7 Å². The van der Waals surface area contributed by atoms with E-state index in [2.05, 4.69) is 30.4 Å². The summed E-state index contributed by atoms with van der Waals surface area (Å²) in [5.41, 5.74) is 3.24. The van der Waals surface area contributed by atoms with Crippen LogP contribution in [0.2, 0.25) is 0 Å². The third-order valence-corrected chi connectivity index (χ3v) is 3.43. The number of hydrogen-bond acceptors (Lipinski definition) is 4. The van der Waals surface area contributed by atoms with Crippen molar-refractivity contribution in [2.24, 2.45) is 0 Å². The highest BCUT2D eigenvalue weighted by atomic mass is 16.5. The number of nitrogens with one attached hydrogen (secondary N) is 1. The predicted molar refractivity (Wildman–Crippen MR) is 89.4 cm³/mol. The topological polar surface area (TPSA) is 39.7 Å². The first-order chi connectivity index (χ1) is 10.6. The molecule has 0 heterocycles. The van der Waals surface area contributed by atoms with Gasteiger partial charge in [-0.3, -0.25) is 0 Å². The zero-order valence-corrected chi connectivity index (χ0v) is 13.6. The summed E-state index contributed by atoms with van der Waals surface area (Å²) in [6, 6.07) is 11.9. The molecule has 0 unspecified atom stereocenters. The molecule has 0 aliphatic rings. The van der Waals surface area contributed by atoms with Crippen LogP contribution in [0.5, 0.6) is 17.2 Å². The Kier molecular flexibility index (Phi) is 5.53. The summed E-state index contributed by atoms with van der Waals surface area (Å²) in [6.45, 7) is 5.36. The van der Waals surface area contributed by atoms with E-state index in [1.54, 1.807) is 14.2 Å². The first kappa shape index (κ1) is 16.0. The summed E-state index contributed by atoms with van der Waals surface area (Å²) in [5.74, 6) is 2.51. The Morgan fingerprint density at radius 3 is 2.45 bits per heavy atom. The Balaban J connectivity index is 1.92. The van der Waals surface area contributed by atoms with Crippen molar-refractivity contribution in [1.82, 2.24) is 0 Å². The predicted octanol–water partition coefficient (Wildman–Crippen LogP) is 3.81. The van der Waals surface area contributed by atoms with E-state index >= 15 is 0 Å². The van der Waals surface area contributed by atoms with E-state index in [4.69, 9.17) is 14.2 Å². The Hall–Kier alpha value is -2.36. The van der Waals surface area contributed by atoms with Gasteiger partial charge in [0.25, 0.3) is 0 Å². The molecule has 0 spiro atoms. The van der Waals surface area contributed by atoms with Gasteiger partial charge in [0, 0.05) is 12.6 Å². The molecular weight excluding hydrogens is 278 g/mol. The number of benzene rings is 2. The van der Waals surface area contributed by atoms with Crippen molar-refractivity contribution in [3.63, 3.8) is 0 Å². The lowest BCUT2D eigenvalue weighted by Gasteiger charge is -2.14. The van der Waals surface area contributed by atoms with Crippen LogP contribution in [0.4, 0.5) is 5.69 Å². The van der Waals surface area contributed by atoms with Crippen LogP contribution in [0.25, 0.3) is 0 Å². The zero-order valence-electron chi connectivity index (χ0n) is 13.6. The molecule has 2 aromatic rings. The highest BCUT2D eigenvalue weighted by molar-refractivity contribution is 5.59. The maximum Gasteiger partial charge on any atom is 0.142 e. The standard InChI is InChI=1S/C18H23NO3/c1-13-5-6-14(2)18(11-13)22-10-9-19-16-12-15(20-3)7-8-17(16)21-4/h5-8,11-12,19H,9-10H2,1-4H3. The largest absolute Gasteiger partial charge is 0.497 e. The number of aryl methyl sites for hydroxylation is 2. The molecule has 0 bridgehead atoms. The zero-order chi connectivity index (χ0) is 15.9. The van der Waals surface area contributed by atoms with Gasteiger partial charge in [-0.05, 0) is 43.2 Å². The van der Waals surface area contributed by atoms with E-state index < -0.39 is 0 Å². The quantitative estimate of drug-likeness (QED) is 0.789. The second kappa shape index (κ2) is 7.59. The first-order valence-electron chi connectivity index (χ1n) is 7.30. The van der Waals surface area contributed by atoms with E-state index in [1.807, 2.05) is 25.1 Å². The molecule has 0 saturated heterocycles. The lowest BCUT2D eigenvalue weighted by atomic mass is 10.1. The molecule has 4 nitrogen and oxygen atoms in total. The van der Waals surface area contributed by atoms with Crippen molar-refractivity contribution in [2.45, 2.75) is 13.8 Å². The van der Waals surface area contributed by atoms with Crippen LogP contribution in [-0.2, 0) is 0 Å². The van der Waals surface area contributed by atoms with Crippen LogP contribution in [-0.4, -0.2) is 27.4 Å². The van der Waals surface area contributed by atoms with Gasteiger partial charge in [-0.2, -0.15) is 0 Å². The number of anilines is 1. The molecule has 0 saturated carbocycles. The summed E-state index contributed by atoms with van der Waals surface area (Å²) in [7, 11) is 3.30. The summed E-state index contributed by atoms with van der Waals surface area (Å²) in [4.78, 5) is 0. The normalized spacial score (nSPS) is 10.2. The highest BCUT2D eigenvalue weighted by Gasteiger charge is 2.05. The average Bonchev–Trinajstić information content (AvgIpc) is 2.54. The van der Waals surface area contributed by atoms with Crippen molar-refractivity contribution in [3.05, 3.63) is 47.5 Å². The van der Waals surface area contributed by atoms with Crippen LogP contribution in [0.15, 0.2) is 36.4 Å². The van der Waals surface area contributed by atoms with Gasteiger partial charge in [-0.25, -0.2) is 0 Å². The van der Waals surface area contributed by atoms with Crippen molar-refractivity contribution < 1.29 is 14.2 Å². The summed E-state index contributed by atoms with van der Waals surface area (Å²) >= 11 is 0. The molecule has 2 rings (SSSR count). The molecule has 0 radical (unpaired) electrons. The molecule has 0 aliphatic carbocycles. The van der Waals surface area contributed by atoms with Crippen LogP contribution in [0, 0.1) is 13.8 Å². The number of ether oxygens (including phenoxy) is 3. The fourth-order valence-corrected chi connectivity index (χ4v) is 2.16. The van der Waals surface area contributed by atoms with Crippen molar-refractivity contribution in [1.29, 1.82) is 0 Å². The molecule has 22 heavy (non-hydrogen) atoms. The molecular formula is C18H23NO3. The summed E-state index contributed by atoms with van der Waals surface area (Å²) in [5, 5.41) is 3.31. The van der Waals surface area contributed by atoms with E-state index in [9.17, 15) is 0 Å². The van der Waals surface area contributed by atoms with Gasteiger partial charge in [-0.1, -0.05) is 12.1 Å². The monoisotopic (exact) mass is 301 g/mol. The highest BCUT2D eigenvalue weighted by Crippen LogP contribution is 2.28. The number of rotatable bonds is 7. The van der Waals surface area contributed by atoms with E-state index in [-0.39, 0.29) is 0 Å². The average molecular weight is 301 g/mol. The minimum absolute atomic E-state index is 0.574. The molecule has 4 heteroatoms. The van der Waals surface area contributed by atoms with E-state index in [1.165, 1.54) is 5.56 Å². The van der Waals surface area contributed by atoms with Gasteiger partial charge >= 0.3 is 0 Å². The summed E-state index contributed by atoms with van der Waals surface area (Å²) < 4.78 is 16.4. The molecule has 0 aliphatic heterocycles. The van der Waals surface area contributed by atoms with Gasteiger partial charge in [0.2, 0.25) is 0 Å². The van der Waals surface area contributed by atoms with Gasteiger partial charge in [0.05, 0.1) is 19.9 Å². The maximum absolute atomic E-state index is 5.83. The first-order valence-corrected chi connectivity index (χ1v) is 7.30. The summed E-state index contributed by atoms with van der Waals surface area (Å²) in [6.07, 6.45) is 0. The SMILES string of the molecule is COc1ccc(OC)c(NCCOc2cc(C)ccc2C)c1. The Labute approximate surface area is 132 Å². The number of methoxy groups -OCH3 is 2. The van der Waals surface area contributed by atoms with Crippen LogP contribution in [0.1, 0.15) is 11.1 Å². The van der Waals surface area contributed by atoms with Gasteiger partial charge in [-0.15, -0.1) is 0 Å². The molecule has 2 aromatic carbocycles. The van der Waals surface area contributed by atoms with Crippen LogP contribution in [0.3, 0.4) is 0 Å². The molecule has 0 fully saturated rings. The maximum atomic E-state index is 5.83. The third-order valence-electron chi connectivity index (χ3n) is 3.43. The fourth-order valence-electron chi connectivity index (χ4n) is 2.16. The molecule has 118 valence electrons. The van der Waals surface area contributed by atoms with Crippen LogP contribution >= 0.6 is 0 Å².